The normalized spacial score (nSPS) is 12.9. The van der Waals surface area contributed by atoms with Crippen molar-refractivity contribution in [1.29, 1.82) is 0 Å². The fourth-order valence-electron chi connectivity index (χ4n) is 0.653. The van der Waals surface area contributed by atoms with E-state index in [2.05, 4.69) is 6.58 Å². The molecule has 0 heterocycles. The molecule has 3 heteroatoms. The molecule has 1 atom stereocenters. The van der Waals surface area contributed by atoms with Crippen LogP contribution in [-0.2, 0) is 14.2 Å². The molecule has 0 aromatic heterocycles. The lowest BCUT2D eigenvalue weighted by Gasteiger charge is -2.13. The zero-order valence-corrected chi connectivity index (χ0v) is 7.21. The van der Waals surface area contributed by atoms with Crippen LogP contribution in [0.5, 0.6) is 0 Å². The molecule has 0 aromatic rings. The second kappa shape index (κ2) is 7.72. The predicted octanol–water partition coefficient (Wildman–Crippen LogP) is 0.850. The number of rotatable bonds is 7. The van der Waals surface area contributed by atoms with Crippen LogP contribution in [0.4, 0.5) is 0 Å². The summed E-state index contributed by atoms with van der Waals surface area (Å²) in [6.45, 7) is 5.21. The van der Waals surface area contributed by atoms with Crippen LogP contribution in [-0.4, -0.2) is 40.1 Å². The van der Waals surface area contributed by atoms with Crippen molar-refractivity contribution in [3.8, 4) is 0 Å². The van der Waals surface area contributed by atoms with Gasteiger partial charge in [-0.3, -0.25) is 0 Å². The van der Waals surface area contributed by atoms with Crippen LogP contribution in [0.15, 0.2) is 12.7 Å². The minimum atomic E-state index is 0.0277. The van der Waals surface area contributed by atoms with Crippen molar-refractivity contribution in [1.82, 2.24) is 0 Å². The van der Waals surface area contributed by atoms with E-state index in [1.54, 1.807) is 20.3 Å². The lowest BCUT2D eigenvalue weighted by Crippen LogP contribution is -2.23. The maximum atomic E-state index is 5.17. The first-order valence-electron chi connectivity index (χ1n) is 3.55. The monoisotopic (exact) mass is 160 g/mol. The molecule has 0 radical (unpaired) electrons. The summed E-state index contributed by atoms with van der Waals surface area (Å²) in [5.74, 6) is 0. The molecule has 0 saturated heterocycles. The minimum absolute atomic E-state index is 0.0277. The Morgan fingerprint density at radius 3 is 2.55 bits per heavy atom. The van der Waals surface area contributed by atoms with Gasteiger partial charge in [0.25, 0.3) is 0 Å². The molecule has 0 rings (SSSR count). The molecular weight excluding hydrogens is 144 g/mol. The Labute approximate surface area is 67.9 Å². The molecule has 0 aliphatic rings. The third kappa shape index (κ3) is 6.04. The Morgan fingerprint density at radius 1 is 1.36 bits per heavy atom. The van der Waals surface area contributed by atoms with Gasteiger partial charge in [-0.05, 0) is 0 Å². The van der Waals surface area contributed by atoms with E-state index >= 15 is 0 Å². The van der Waals surface area contributed by atoms with E-state index in [4.69, 9.17) is 14.2 Å². The van der Waals surface area contributed by atoms with Crippen LogP contribution in [0.3, 0.4) is 0 Å². The van der Waals surface area contributed by atoms with E-state index in [-0.39, 0.29) is 6.10 Å². The molecule has 11 heavy (non-hydrogen) atoms. The van der Waals surface area contributed by atoms with E-state index in [1.807, 2.05) is 0 Å². The molecule has 0 amide bonds. The van der Waals surface area contributed by atoms with Crippen LogP contribution in [0, 0.1) is 0 Å². The maximum absolute atomic E-state index is 5.17. The second-order valence-electron chi connectivity index (χ2n) is 2.14. The Balaban J connectivity index is 3.27. The van der Waals surface area contributed by atoms with Crippen molar-refractivity contribution < 1.29 is 14.2 Å². The van der Waals surface area contributed by atoms with E-state index < -0.39 is 0 Å². The molecule has 0 aliphatic heterocycles. The van der Waals surface area contributed by atoms with Crippen molar-refractivity contribution in [2.45, 2.75) is 6.10 Å². The number of hydrogen-bond donors (Lipinski definition) is 0. The topological polar surface area (TPSA) is 27.7 Å². The highest BCUT2D eigenvalue weighted by Gasteiger charge is 2.04. The van der Waals surface area contributed by atoms with Crippen molar-refractivity contribution in [3.63, 3.8) is 0 Å². The van der Waals surface area contributed by atoms with Gasteiger partial charge in [0, 0.05) is 14.2 Å². The van der Waals surface area contributed by atoms with Gasteiger partial charge in [0.15, 0.2) is 0 Å². The van der Waals surface area contributed by atoms with Crippen molar-refractivity contribution >= 4 is 0 Å². The minimum Gasteiger partial charge on any atom is -0.382 e. The van der Waals surface area contributed by atoms with E-state index in [0.717, 1.165) is 0 Å². The van der Waals surface area contributed by atoms with E-state index in [1.165, 1.54) is 0 Å². The van der Waals surface area contributed by atoms with Gasteiger partial charge in [0.2, 0.25) is 0 Å². The molecule has 0 fully saturated rings. The van der Waals surface area contributed by atoms with Gasteiger partial charge in [-0.15, -0.1) is 6.58 Å². The van der Waals surface area contributed by atoms with E-state index in [9.17, 15) is 0 Å². The number of ether oxygens (including phenoxy) is 3. The first-order valence-corrected chi connectivity index (χ1v) is 3.55. The lowest BCUT2D eigenvalue weighted by molar-refractivity contribution is -0.0246. The van der Waals surface area contributed by atoms with Crippen molar-refractivity contribution in [3.05, 3.63) is 12.7 Å². The molecule has 3 nitrogen and oxygen atoms in total. The molecule has 0 aromatic carbocycles. The third-order valence-corrected chi connectivity index (χ3v) is 1.23. The van der Waals surface area contributed by atoms with Gasteiger partial charge < -0.3 is 14.2 Å². The summed E-state index contributed by atoms with van der Waals surface area (Å²) in [5.41, 5.74) is 0. The average Bonchev–Trinajstić information content (AvgIpc) is 2.03. The Hall–Kier alpha value is -0.380. The van der Waals surface area contributed by atoms with Crippen molar-refractivity contribution in [2.24, 2.45) is 0 Å². The van der Waals surface area contributed by atoms with Crippen LogP contribution < -0.4 is 0 Å². The predicted molar refractivity (Wildman–Crippen MR) is 43.7 cm³/mol. The van der Waals surface area contributed by atoms with Crippen LogP contribution in [0.1, 0.15) is 0 Å². The molecule has 1 unspecified atom stereocenters. The highest BCUT2D eigenvalue weighted by atomic mass is 16.5. The highest BCUT2D eigenvalue weighted by Crippen LogP contribution is 1.91. The van der Waals surface area contributed by atoms with Gasteiger partial charge in [-0.25, -0.2) is 0 Å². The molecule has 0 N–H and O–H groups in total. The highest BCUT2D eigenvalue weighted by molar-refractivity contribution is 4.65. The summed E-state index contributed by atoms with van der Waals surface area (Å²) in [4.78, 5) is 0. The summed E-state index contributed by atoms with van der Waals surface area (Å²) in [7, 11) is 3.28. The SMILES string of the molecule is C=CCOCC(COC)OC. The molecular formula is C8H16O3. The van der Waals surface area contributed by atoms with Crippen LogP contribution in [0.2, 0.25) is 0 Å². The number of hydrogen-bond acceptors (Lipinski definition) is 3. The third-order valence-electron chi connectivity index (χ3n) is 1.23. The summed E-state index contributed by atoms with van der Waals surface area (Å²) >= 11 is 0. The summed E-state index contributed by atoms with van der Waals surface area (Å²) in [6, 6.07) is 0. The molecule has 0 bridgehead atoms. The van der Waals surface area contributed by atoms with Gasteiger partial charge in [0.05, 0.1) is 19.8 Å². The Kier molecular flexibility index (Phi) is 7.46. The van der Waals surface area contributed by atoms with Gasteiger partial charge >= 0.3 is 0 Å². The van der Waals surface area contributed by atoms with Gasteiger partial charge in [0.1, 0.15) is 6.10 Å². The quantitative estimate of drug-likeness (QED) is 0.408. The van der Waals surface area contributed by atoms with Crippen LogP contribution in [0.25, 0.3) is 0 Å². The van der Waals surface area contributed by atoms with Crippen LogP contribution >= 0.6 is 0 Å². The second-order valence-corrected chi connectivity index (χ2v) is 2.14. The Bertz CT molecular complexity index is 93.3. The number of methoxy groups -OCH3 is 2. The zero-order chi connectivity index (χ0) is 8.53. The summed E-state index contributed by atoms with van der Waals surface area (Å²) in [5, 5.41) is 0. The smallest absolute Gasteiger partial charge is 0.104 e. The maximum Gasteiger partial charge on any atom is 0.104 e. The van der Waals surface area contributed by atoms with Crippen molar-refractivity contribution in [2.75, 3.05) is 34.0 Å². The molecule has 0 aliphatic carbocycles. The summed E-state index contributed by atoms with van der Waals surface area (Å²) < 4.78 is 15.1. The zero-order valence-electron chi connectivity index (χ0n) is 7.21. The fraction of sp³-hybridized carbons (Fsp3) is 0.750. The average molecular weight is 160 g/mol. The molecule has 0 saturated carbocycles. The largest absolute Gasteiger partial charge is 0.382 e. The summed E-state index contributed by atoms with van der Waals surface area (Å²) in [6.07, 6.45) is 1.74. The van der Waals surface area contributed by atoms with Gasteiger partial charge in [-0.2, -0.15) is 0 Å². The molecule has 0 spiro atoms. The molecule has 66 valence electrons. The first-order chi connectivity index (χ1) is 5.35. The first kappa shape index (κ1) is 10.6. The fourth-order valence-corrected chi connectivity index (χ4v) is 0.653. The van der Waals surface area contributed by atoms with Gasteiger partial charge in [-0.1, -0.05) is 6.08 Å². The standard InChI is InChI=1S/C8H16O3/c1-4-5-11-7-8(10-3)6-9-2/h4,8H,1,5-7H2,2-3H3. The van der Waals surface area contributed by atoms with E-state index in [0.29, 0.717) is 19.8 Å². The Morgan fingerprint density at radius 2 is 2.09 bits per heavy atom. The lowest BCUT2D eigenvalue weighted by atomic mass is 10.4.